The molecule has 0 saturated heterocycles. The zero-order chi connectivity index (χ0) is 17.0. The highest BCUT2D eigenvalue weighted by atomic mass is 79.9. The minimum absolute atomic E-state index is 0.705. The van der Waals surface area contributed by atoms with Gasteiger partial charge in [-0.1, -0.05) is 0 Å². The van der Waals surface area contributed by atoms with Crippen molar-refractivity contribution in [2.24, 2.45) is 0 Å². The molecule has 0 atom stereocenters. The van der Waals surface area contributed by atoms with Crippen LogP contribution in [-0.4, -0.2) is 37.5 Å². The van der Waals surface area contributed by atoms with Crippen LogP contribution in [0.3, 0.4) is 0 Å². The van der Waals surface area contributed by atoms with E-state index in [9.17, 15) is 0 Å². The Balaban J connectivity index is 2.69. The Kier molecular flexibility index (Phi) is 5.65. The monoisotopic (exact) mass is 502 g/mol. The van der Waals surface area contributed by atoms with E-state index in [4.69, 9.17) is 0 Å². The van der Waals surface area contributed by atoms with Crippen molar-refractivity contribution < 1.29 is 0 Å². The van der Waals surface area contributed by atoms with Gasteiger partial charge >= 0.3 is 0 Å². The van der Waals surface area contributed by atoms with E-state index in [1.165, 1.54) is 29.8 Å². The van der Waals surface area contributed by atoms with Crippen LogP contribution in [0.1, 0.15) is 11.1 Å². The molecule has 0 saturated carbocycles. The first-order chi connectivity index (χ1) is 9.85. The molecule has 2 aromatic rings. The quantitative estimate of drug-likeness (QED) is 0.402. The van der Waals surface area contributed by atoms with Crippen LogP contribution in [0.4, 0.5) is 0 Å². The first-order valence-electron chi connectivity index (χ1n) is 6.80. The van der Waals surface area contributed by atoms with E-state index >= 15 is 0 Å². The van der Waals surface area contributed by atoms with Gasteiger partial charge in [0.2, 0.25) is 0 Å². The van der Waals surface area contributed by atoms with E-state index in [2.05, 4.69) is 83.2 Å². The zero-order valence-corrected chi connectivity index (χ0v) is 20.8. The summed E-state index contributed by atoms with van der Waals surface area (Å²) in [7, 11) is -1.41. The average molecular weight is 504 g/mol. The second-order valence-electron chi connectivity index (χ2n) is 6.99. The fourth-order valence-electron chi connectivity index (χ4n) is 2.41. The summed E-state index contributed by atoms with van der Waals surface area (Å²) in [6.07, 6.45) is 14.3. The number of hydrogen-bond acceptors (Lipinski definition) is 2. The Hall–Kier alpha value is 1.06. The normalized spacial score (nSPS) is 14.5. The maximum absolute atomic E-state index is 3.87. The lowest BCUT2D eigenvalue weighted by molar-refractivity contribution is 1.38. The molecule has 0 amide bonds. The lowest BCUT2D eigenvalue weighted by atomic mass is 10.3. The molecule has 0 aromatic carbocycles. The first-order valence-corrected chi connectivity index (χ1v) is 15.7. The van der Waals surface area contributed by atoms with Crippen molar-refractivity contribution in [1.82, 2.24) is 0 Å². The molecule has 0 aliphatic rings. The fraction of sp³-hybridized carbons (Fsp3) is 0.500. The second-order valence-corrected chi connectivity index (χ2v) is 19.3. The van der Waals surface area contributed by atoms with Crippen molar-refractivity contribution in [2.75, 3.05) is 37.5 Å². The minimum Gasteiger partial charge on any atom is -0.214 e. The Labute approximate surface area is 163 Å². The van der Waals surface area contributed by atoms with E-state index < -0.39 is 20.1 Å². The number of hydrogen-bond donors (Lipinski definition) is 0. The molecule has 22 heavy (non-hydrogen) atoms. The van der Waals surface area contributed by atoms with Crippen LogP contribution in [0.2, 0.25) is 0 Å². The van der Waals surface area contributed by atoms with Gasteiger partial charge in [-0.15, -0.1) is 22.7 Å². The molecule has 0 N–H and O–H groups in total. The van der Waals surface area contributed by atoms with Crippen molar-refractivity contribution >= 4 is 74.6 Å². The van der Waals surface area contributed by atoms with Gasteiger partial charge in [-0.3, -0.25) is 0 Å². The Morgan fingerprint density at radius 1 is 0.636 bits per heavy atom. The SMILES string of the molecule is Cc1c(S(C)(C)C)sc(-c2sc(S(C)(C)C)c(C)c2Br)c1Br. The molecule has 0 radical (unpaired) electrons. The molecule has 0 aliphatic carbocycles. The summed E-state index contributed by atoms with van der Waals surface area (Å²) in [4.78, 5) is 2.79. The van der Waals surface area contributed by atoms with Crippen LogP contribution < -0.4 is 0 Å². The predicted molar refractivity (Wildman–Crippen MR) is 120 cm³/mol. The van der Waals surface area contributed by atoms with E-state index in [0.29, 0.717) is 0 Å². The fourth-order valence-corrected chi connectivity index (χ4v) is 11.0. The molecular formula is C16H24Br2S4. The smallest absolute Gasteiger partial charge is 0.0610 e. The first kappa shape index (κ1) is 19.4. The Bertz CT molecular complexity index is 650. The summed E-state index contributed by atoms with van der Waals surface area (Å²) in [5.41, 5.74) is 2.84. The molecule has 0 nitrogen and oxygen atoms in total. The molecule has 0 bridgehead atoms. The lowest BCUT2D eigenvalue weighted by Gasteiger charge is -2.24. The highest BCUT2D eigenvalue weighted by molar-refractivity contribution is 9.11. The standard InChI is InChI=1S/C16H24Br2S4/c1-9-11(17)13(19-15(9)21(3,4)5)14-12(18)10(2)16(20-14)22(6,7)8/h1-8H3. The van der Waals surface area contributed by atoms with Crippen LogP contribution in [0.25, 0.3) is 9.75 Å². The van der Waals surface area contributed by atoms with Gasteiger partial charge in [0.05, 0.1) is 9.75 Å². The van der Waals surface area contributed by atoms with E-state index in [1.807, 2.05) is 22.7 Å². The summed E-state index contributed by atoms with van der Waals surface area (Å²) in [5, 5.41) is 0. The Morgan fingerprint density at radius 2 is 0.909 bits per heavy atom. The van der Waals surface area contributed by atoms with Crippen molar-refractivity contribution in [2.45, 2.75) is 22.3 Å². The van der Waals surface area contributed by atoms with Gasteiger partial charge < -0.3 is 0 Å². The van der Waals surface area contributed by atoms with Gasteiger partial charge in [-0.2, -0.15) is 0 Å². The number of halogens is 2. The largest absolute Gasteiger partial charge is 0.214 e. The van der Waals surface area contributed by atoms with Crippen molar-refractivity contribution in [3.63, 3.8) is 0 Å². The third kappa shape index (κ3) is 3.52. The average Bonchev–Trinajstić information content (AvgIpc) is 2.80. The summed E-state index contributed by atoms with van der Waals surface area (Å²) < 4.78 is 5.67. The molecule has 0 spiro atoms. The van der Waals surface area contributed by atoms with Crippen molar-refractivity contribution in [1.29, 1.82) is 0 Å². The topological polar surface area (TPSA) is 0 Å². The van der Waals surface area contributed by atoms with Crippen LogP contribution in [0, 0.1) is 13.8 Å². The molecule has 0 aliphatic heterocycles. The minimum atomic E-state index is -0.705. The van der Waals surface area contributed by atoms with E-state index in [0.717, 1.165) is 0 Å². The van der Waals surface area contributed by atoms with Crippen LogP contribution in [0.15, 0.2) is 17.4 Å². The molecule has 0 unspecified atom stereocenters. The van der Waals surface area contributed by atoms with Crippen molar-refractivity contribution in [3.8, 4) is 9.75 Å². The molecule has 6 heteroatoms. The highest BCUT2D eigenvalue weighted by Gasteiger charge is 2.26. The molecule has 2 aromatic heterocycles. The summed E-state index contributed by atoms with van der Waals surface area (Å²) in [5.74, 6) is 0. The predicted octanol–water partition coefficient (Wildman–Crippen LogP) is 7.72. The van der Waals surface area contributed by atoms with Crippen LogP contribution >= 0.6 is 74.6 Å². The maximum atomic E-state index is 3.87. The molecule has 2 heterocycles. The van der Waals surface area contributed by atoms with Gasteiger partial charge in [0, 0.05) is 17.4 Å². The second kappa shape index (κ2) is 6.41. The van der Waals surface area contributed by atoms with E-state index in [1.54, 1.807) is 8.42 Å². The highest BCUT2D eigenvalue weighted by Crippen LogP contribution is 2.60. The van der Waals surface area contributed by atoms with Gasteiger partial charge in [-0.05, 0) is 94.4 Å². The van der Waals surface area contributed by atoms with Gasteiger partial charge in [0.25, 0.3) is 0 Å². The van der Waals surface area contributed by atoms with E-state index in [-0.39, 0.29) is 0 Å². The Morgan fingerprint density at radius 3 is 1.09 bits per heavy atom. The molecule has 2 rings (SSSR count). The van der Waals surface area contributed by atoms with Gasteiger partial charge in [-0.25, -0.2) is 20.1 Å². The zero-order valence-electron chi connectivity index (χ0n) is 14.4. The molecule has 126 valence electrons. The lowest BCUT2D eigenvalue weighted by Crippen LogP contribution is -1.91. The third-order valence-corrected chi connectivity index (χ3v) is 14.6. The summed E-state index contributed by atoms with van der Waals surface area (Å²) in [6.45, 7) is 4.50. The number of thiophene rings is 2. The van der Waals surface area contributed by atoms with Gasteiger partial charge in [0.15, 0.2) is 0 Å². The summed E-state index contributed by atoms with van der Waals surface area (Å²) >= 11 is 11.7. The van der Waals surface area contributed by atoms with Crippen molar-refractivity contribution in [3.05, 3.63) is 20.1 Å². The maximum Gasteiger partial charge on any atom is 0.0610 e. The summed E-state index contributed by atoms with van der Waals surface area (Å²) in [6, 6.07) is 0. The number of rotatable bonds is 3. The third-order valence-electron chi connectivity index (χ3n) is 3.38. The van der Waals surface area contributed by atoms with Gasteiger partial charge in [0.1, 0.15) is 0 Å². The van der Waals surface area contributed by atoms with Crippen LogP contribution in [-0.2, 0) is 0 Å². The molecule has 0 fully saturated rings. The molecular weight excluding hydrogens is 480 g/mol. The van der Waals surface area contributed by atoms with Crippen LogP contribution in [0.5, 0.6) is 0 Å².